The van der Waals surface area contributed by atoms with Gasteiger partial charge in [-0.15, -0.1) is 0 Å². The van der Waals surface area contributed by atoms with Crippen molar-refractivity contribution in [1.82, 2.24) is 0 Å². The van der Waals surface area contributed by atoms with Crippen molar-refractivity contribution in [2.45, 2.75) is 6.42 Å². The Labute approximate surface area is 114 Å². The van der Waals surface area contributed by atoms with Crippen molar-refractivity contribution in [3.05, 3.63) is 39.9 Å². The fraction of sp³-hybridized carbons (Fsp3) is 0.231. The molecule has 0 heterocycles. The molecule has 0 radical (unpaired) electrons. The van der Waals surface area contributed by atoms with Gasteiger partial charge in [0.1, 0.15) is 0 Å². The summed E-state index contributed by atoms with van der Waals surface area (Å²) in [6, 6.07) is 7.34. The zero-order valence-electron chi connectivity index (χ0n) is 10.1. The number of methoxy groups -OCH3 is 2. The number of ether oxygens (including phenoxy) is 2. The molecule has 0 atom stereocenters. The minimum atomic E-state index is -0.539. The highest BCUT2D eigenvalue weighted by Gasteiger charge is 2.14. The third kappa shape index (κ3) is 4.33. The topological polar surface area (TPSA) is 52.6 Å². The van der Waals surface area contributed by atoms with E-state index in [1.54, 1.807) is 6.08 Å². The van der Waals surface area contributed by atoms with Crippen LogP contribution in [0.4, 0.5) is 0 Å². The molecule has 96 valence electrons. The lowest BCUT2D eigenvalue weighted by Crippen LogP contribution is -2.10. The molecular weight excluding hydrogens is 300 g/mol. The molecular formula is C13H13BrO4. The lowest BCUT2D eigenvalue weighted by molar-refractivity contribution is -0.143. The number of hydrogen-bond donors (Lipinski definition) is 0. The van der Waals surface area contributed by atoms with Crippen LogP contribution in [0.15, 0.2) is 34.3 Å². The van der Waals surface area contributed by atoms with Gasteiger partial charge in [-0.1, -0.05) is 28.1 Å². The van der Waals surface area contributed by atoms with Crippen LogP contribution in [0.25, 0.3) is 6.08 Å². The second-order valence-electron chi connectivity index (χ2n) is 3.47. The summed E-state index contributed by atoms with van der Waals surface area (Å²) < 4.78 is 10.1. The number of esters is 2. The number of hydrogen-bond acceptors (Lipinski definition) is 4. The lowest BCUT2D eigenvalue weighted by atomic mass is 10.1. The molecule has 0 aliphatic carbocycles. The zero-order chi connectivity index (χ0) is 13.5. The molecule has 1 aromatic rings. The summed E-state index contributed by atoms with van der Waals surface area (Å²) in [5, 5.41) is 0. The van der Waals surface area contributed by atoms with Gasteiger partial charge < -0.3 is 9.47 Å². The van der Waals surface area contributed by atoms with Crippen LogP contribution >= 0.6 is 15.9 Å². The fourth-order valence-electron chi connectivity index (χ4n) is 1.30. The number of rotatable bonds is 4. The molecule has 0 amide bonds. The van der Waals surface area contributed by atoms with Gasteiger partial charge in [0.25, 0.3) is 0 Å². The Morgan fingerprint density at radius 1 is 1.17 bits per heavy atom. The monoisotopic (exact) mass is 312 g/mol. The second kappa shape index (κ2) is 6.96. The molecule has 0 bridgehead atoms. The van der Waals surface area contributed by atoms with E-state index in [1.807, 2.05) is 24.3 Å². The maximum Gasteiger partial charge on any atom is 0.334 e. The predicted octanol–water partition coefficient (Wildman–Crippen LogP) is 2.57. The van der Waals surface area contributed by atoms with Crippen molar-refractivity contribution < 1.29 is 19.1 Å². The SMILES string of the molecule is COC(=O)CC(=Cc1ccc(Br)cc1)C(=O)OC. The summed E-state index contributed by atoms with van der Waals surface area (Å²) in [5.74, 6) is -1.02. The standard InChI is InChI=1S/C13H13BrO4/c1-17-12(15)8-10(13(16)18-2)7-9-3-5-11(14)6-4-9/h3-7H,8H2,1-2H3. The number of benzene rings is 1. The Morgan fingerprint density at radius 3 is 2.28 bits per heavy atom. The van der Waals surface area contributed by atoms with Crippen molar-refractivity contribution in [1.29, 1.82) is 0 Å². The maximum atomic E-state index is 11.5. The van der Waals surface area contributed by atoms with Crippen molar-refractivity contribution in [2.24, 2.45) is 0 Å². The first-order chi connectivity index (χ1) is 8.56. The molecule has 5 heteroatoms. The van der Waals surface area contributed by atoms with Crippen LogP contribution in [0.2, 0.25) is 0 Å². The molecule has 18 heavy (non-hydrogen) atoms. The van der Waals surface area contributed by atoms with E-state index in [-0.39, 0.29) is 12.0 Å². The van der Waals surface area contributed by atoms with E-state index >= 15 is 0 Å². The van der Waals surface area contributed by atoms with Crippen LogP contribution < -0.4 is 0 Å². The molecule has 0 N–H and O–H groups in total. The Bertz CT molecular complexity index is 462. The van der Waals surface area contributed by atoms with Crippen molar-refractivity contribution in [2.75, 3.05) is 14.2 Å². The number of carbonyl (C=O) groups excluding carboxylic acids is 2. The maximum absolute atomic E-state index is 11.5. The molecule has 0 saturated heterocycles. The fourth-order valence-corrected chi connectivity index (χ4v) is 1.57. The van der Waals surface area contributed by atoms with Crippen LogP contribution in [0.1, 0.15) is 12.0 Å². The van der Waals surface area contributed by atoms with Crippen molar-refractivity contribution in [3.8, 4) is 0 Å². The van der Waals surface area contributed by atoms with Gasteiger partial charge in [0, 0.05) is 10.0 Å². The summed E-state index contributed by atoms with van der Waals surface area (Å²) in [6.07, 6.45) is 1.49. The smallest absolute Gasteiger partial charge is 0.334 e. The highest BCUT2D eigenvalue weighted by atomic mass is 79.9. The van der Waals surface area contributed by atoms with E-state index < -0.39 is 11.9 Å². The molecule has 0 aromatic heterocycles. The van der Waals surface area contributed by atoms with Crippen molar-refractivity contribution >= 4 is 33.9 Å². The third-order valence-electron chi connectivity index (χ3n) is 2.22. The van der Waals surface area contributed by atoms with Crippen molar-refractivity contribution in [3.63, 3.8) is 0 Å². The molecule has 0 aliphatic heterocycles. The quantitative estimate of drug-likeness (QED) is 0.633. The average Bonchev–Trinajstić information content (AvgIpc) is 2.39. The van der Waals surface area contributed by atoms with Crippen LogP contribution in [0, 0.1) is 0 Å². The van der Waals surface area contributed by atoms with Crippen LogP contribution in [0.3, 0.4) is 0 Å². The first-order valence-corrected chi connectivity index (χ1v) is 5.97. The van der Waals surface area contributed by atoms with Gasteiger partial charge in [0.15, 0.2) is 0 Å². The van der Waals surface area contributed by atoms with E-state index in [0.717, 1.165) is 10.0 Å². The highest BCUT2D eigenvalue weighted by molar-refractivity contribution is 9.10. The summed E-state index contributed by atoms with van der Waals surface area (Å²) in [5.41, 5.74) is 1.06. The molecule has 0 fully saturated rings. The van der Waals surface area contributed by atoms with Crippen LogP contribution in [-0.4, -0.2) is 26.2 Å². The third-order valence-corrected chi connectivity index (χ3v) is 2.75. The van der Waals surface area contributed by atoms with Gasteiger partial charge in [-0.25, -0.2) is 4.79 Å². The van der Waals surface area contributed by atoms with Crippen LogP contribution in [0.5, 0.6) is 0 Å². The van der Waals surface area contributed by atoms with Gasteiger partial charge in [-0.3, -0.25) is 4.79 Å². The molecule has 1 rings (SSSR count). The first-order valence-electron chi connectivity index (χ1n) is 5.18. The zero-order valence-corrected chi connectivity index (χ0v) is 11.7. The Hall–Kier alpha value is -1.62. The highest BCUT2D eigenvalue weighted by Crippen LogP contribution is 2.15. The number of carbonyl (C=O) groups is 2. The minimum Gasteiger partial charge on any atom is -0.469 e. The molecule has 0 aliphatic rings. The largest absolute Gasteiger partial charge is 0.469 e. The van der Waals surface area contributed by atoms with Gasteiger partial charge in [0.2, 0.25) is 0 Å². The summed E-state index contributed by atoms with van der Waals surface area (Å²) in [7, 11) is 2.55. The van der Waals surface area contributed by atoms with Gasteiger partial charge in [0.05, 0.1) is 20.6 Å². The molecule has 0 spiro atoms. The van der Waals surface area contributed by atoms with Crippen LogP contribution in [-0.2, 0) is 19.1 Å². The number of halogens is 1. The Morgan fingerprint density at radius 2 is 1.78 bits per heavy atom. The summed E-state index contributed by atoms with van der Waals surface area (Å²) >= 11 is 3.32. The minimum absolute atomic E-state index is 0.112. The Balaban J connectivity index is 2.98. The molecule has 4 nitrogen and oxygen atoms in total. The molecule has 1 aromatic carbocycles. The van der Waals surface area contributed by atoms with Gasteiger partial charge >= 0.3 is 11.9 Å². The van der Waals surface area contributed by atoms with E-state index in [4.69, 9.17) is 0 Å². The molecule has 0 saturated carbocycles. The van der Waals surface area contributed by atoms with Gasteiger partial charge in [-0.05, 0) is 23.8 Å². The van der Waals surface area contributed by atoms with E-state index in [1.165, 1.54) is 14.2 Å². The lowest BCUT2D eigenvalue weighted by Gasteiger charge is -2.04. The summed E-state index contributed by atoms with van der Waals surface area (Å²) in [4.78, 5) is 22.7. The van der Waals surface area contributed by atoms with E-state index in [0.29, 0.717) is 0 Å². The van der Waals surface area contributed by atoms with E-state index in [9.17, 15) is 9.59 Å². The predicted molar refractivity (Wildman–Crippen MR) is 70.8 cm³/mol. The normalized spacial score (nSPS) is 10.9. The Kier molecular flexibility index (Phi) is 5.58. The molecule has 0 unspecified atom stereocenters. The first kappa shape index (κ1) is 14.4. The second-order valence-corrected chi connectivity index (χ2v) is 4.38. The van der Waals surface area contributed by atoms with E-state index in [2.05, 4.69) is 25.4 Å². The summed E-state index contributed by atoms with van der Waals surface area (Å²) in [6.45, 7) is 0. The average molecular weight is 313 g/mol. The van der Waals surface area contributed by atoms with Gasteiger partial charge in [-0.2, -0.15) is 0 Å².